The maximum Gasteiger partial charge on any atom is 0.229 e. The molecule has 3 aromatic rings. The van der Waals surface area contributed by atoms with E-state index in [0.29, 0.717) is 28.5 Å². The SMILES string of the molecule is CNC(=O)C12C(O)C(O)C(n3cnc4c(N(C)Cc5cccc(Cl)c5)nc(Cl)nc43)C3C1C32. The standard InChI is InChI=1S/C22H22Cl2N6O3/c1-25-20(33)22-12-11(13(12)22)15(16(31)17(22)32)30-8-26-14-18(27-21(24)28-19(14)30)29(2)7-9-4-3-5-10(23)6-9/h3-6,8,11-13,15-17,31-32H,7H2,1-2H3,(H,25,33). The fourth-order valence-corrected chi connectivity index (χ4v) is 6.55. The molecule has 0 aliphatic heterocycles. The van der Waals surface area contributed by atoms with Crippen LogP contribution in [0.2, 0.25) is 10.3 Å². The summed E-state index contributed by atoms with van der Waals surface area (Å²) in [6.45, 7) is 0.530. The Morgan fingerprint density at radius 1 is 1.27 bits per heavy atom. The normalized spacial score (nSPS) is 33.5. The van der Waals surface area contributed by atoms with Crippen molar-refractivity contribution < 1.29 is 15.0 Å². The van der Waals surface area contributed by atoms with Gasteiger partial charge in [-0.1, -0.05) is 23.7 Å². The lowest BCUT2D eigenvalue weighted by atomic mass is 9.69. The molecule has 33 heavy (non-hydrogen) atoms. The molecule has 0 radical (unpaired) electrons. The summed E-state index contributed by atoms with van der Waals surface area (Å²) in [4.78, 5) is 27.6. The van der Waals surface area contributed by atoms with Crippen LogP contribution in [0, 0.1) is 23.2 Å². The predicted molar refractivity (Wildman–Crippen MR) is 122 cm³/mol. The highest BCUT2D eigenvalue weighted by Gasteiger charge is 2.94. The molecule has 3 saturated carbocycles. The van der Waals surface area contributed by atoms with Gasteiger partial charge >= 0.3 is 0 Å². The number of aliphatic hydroxyl groups is 2. The Morgan fingerprint density at radius 2 is 2.03 bits per heavy atom. The number of anilines is 1. The molecule has 6 rings (SSSR count). The minimum absolute atomic E-state index is 0.0561. The lowest BCUT2D eigenvalue weighted by molar-refractivity contribution is -0.157. The molecule has 1 aromatic carbocycles. The third-order valence-corrected chi connectivity index (χ3v) is 8.02. The quantitative estimate of drug-likeness (QED) is 0.467. The van der Waals surface area contributed by atoms with Gasteiger partial charge in [-0.2, -0.15) is 9.97 Å². The number of hydrogen-bond acceptors (Lipinski definition) is 7. The fourth-order valence-electron chi connectivity index (χ4n) is 6.18. The van der Waals surface area contributed by atoms with Crippen LogP contribution in [0.5, 0.6) is 0 Å². The largest absolute Gasteiger partial charge is 0.389 e. The first-order chi connectivity index (χ1) is 15.8. The zero-order chi connectivity index (χ0) is 23.2. The molecule has 3 N–H and O–H groups in total. The van der Waals surface area contributed by atoms with Crippen molar-refractivity contribution >= 4 is 46.1 Å². The summed E-state index contributed by atoms with van der Waals surface area (Å²) in [6, 6.07) is 7.12. The third kappa shape index (κ3) is 2.73. The van der Waals surface area contributed by atoms with Crippen molar-refractivity contribution in [2.24, 2.45) is 23.2 Å². The number of nitrogens with zero attached hydrogens (tertiary/aromatic N) is 5. The number of rotatable bonds is 5. The van der Waals surface area contributed by atoms with E-state index in [1.165, 1.54) is 0 Å². The van der Waals surface area contributed by atoms with E-state index in [0.717, 1.165) is 5.56 Å². The fraction of sp³-hybridized carbons (Fsp3) is 0.455. The molecule has 5 unspecified atom stereocenters. The zero-order valence-electron chi connectivity index (χ0n) is 17.9. The molecule has 0 bridgehead atoms. The van der Waals surface area contributed by atoms with E-state index in [4.69, 9.17) is 23.2 Å². The number of benzene rings is 1. The van der Waals surface area contributed by atoms with Crippen molar-refractivity contribution in [1.82, 2.24) is 24.8 Å². The molecule has 2 heterocycles. The van der Waals surface area contributed by atoms with Gasteiger partial charge in [0.05, 0.1) is 23.9 Å². The van der Waals surface area contributed by atoms with Gasteiger partial charge in [0.2, 0.25) is 11.2 Å². The molecule has 3 aliphatic rings. The van der Waals surface area contributed by atoms with E-state index >= 15 is 0 Å². The molecule has 0 saturated heterocycles. The Morgan fingerprint density at radius 3 is 2.73 bits per heavy atom. The molecule has 0 spiro atoms. The second kappa shape index (κ2) is 7.02. The number of carbonyl (C=O) groups excluding carboxylic acids is 1. The lowest BCUT2D eigenvalue weighted by Gasteiger charge is -2.44. The van der Waals surface area contributed by atoms with Gasteiger partial charge in [-0.15, -0.1) is 0 Å². The average Bonchev–Trinajstić information content (AvgIpc) is 3.64. The van der Waals surface area contributed by atoms with Gasteiger partial charge in [0.25, 0.3) is 0 Å². The van der Waals surface area contributed by atoms with Crippen LogP contribution in [0.3, 0.4) is 0 Å². The monoisotopic (exact) mass is 488 g/mol. The van der Waals surface area contributed by atoms with Crippen LogP contribution in [0.15, 0.2) is 30.6 Å². The highest BCUT2D eigenvalue weighted by Crippen LogP contribution is 2.88. The number of aliphatic hydroxyl groups excluding tert-OH is 2. The Bertz CT molecular complexity index is 1290. The summed E-state index contributed by atoms with van der Waals surface area (Å²) in [5.74, 6) is 0.542. The summed E-state index contributed by atoms with van der Waals surface area (Å²) in [5, 5.41) is 25.2. The third-order valence-electron chi connectivity index (χ3n) is 7.61. The second-order valence-corrected chi connectivity index (χ2v) is 9.97. The van der Waals surface area contributed by atoms with Gasteiger partial charge < -0.3 is 25.0 Å². The highest BCUT2D eigenvalue weighted by atomic mass is 35.5. The number of aromatic nitrogens is 4. The van der Waals surface area contributed by atoms with E-state index in [1.807, 2.05) is 36.2 Å². The van der Waals surface area contributed by atoms with Crippen LogP contribution >= 0.6 is 23.2 Å². The van der Waals surface area contributed by atoms with Crippen molar-refractivity contribution in [3.8, 4) is 0 Å². The number of nitrogens with one attached hydrogen (secondary N) is 1. The topological polar surface area (TPSA) is 116 Å². The number of fused-ring (bicyclic) bond motifs is 3. The second-order valence-electron chi connectivity index (χ2n) is 9.19. The number of carbonyl (C=O) groups is 1. The maximum absolute atomic E-state index is 12.4. The number of halogens is 2. The minimum atomic E-state index is -1.15. The van der Waals surface area contributed by atoms with E-state index < -0.39 is 23.7 Å². The Labute approximate surface area is 199 Å². The van der Waals surface area contributed by atoms with Gasteiger partial charge in [0, 0.05) is 25.7 Å². The van der Waals surface area contributed by atoms with Gasteiger partial charge in [-0.05, 0) is 47.1 Å². The summed E-state index contributed by atoms with van der Waals surface area (Å²) in [7, 11) is 3.43. The van der Waals surface area contributed by atoms with Gasteiger partial charge in [0.15, 0.2) is 17.0 Å². The Hall–Kier alpha value is -2.46. The van der Waals surface area contributed by atoms with Crippen LogP contribution in [-0.4, -0.2) is 61.9 Å². The smallest absolute Gasteiger partial charge is 0.229 e. The number of imidazole rings is 1. The first-order valence-corrected chi connectivity index (χ1v) is 11.5. The molecule has 172 valence electrons. The van der Waals surface area contributed by atoms with E-state index in [2.05, 4.69) is 20.3 Å². The first-order valence-electron chi connectivity index (χ1n) is 10.7. The van der Waals surface area contributed by atoms with E-state index in [-0.39, 0.29) is 28.9 Å². The van der Waals surface area contributed by atoms with Gasteiger partial charge in [0.1, 0.15) is 6.10 Å². The molecule has 5 atom stereocenters. The van der Waals surface area contributed by atoms with Crippen molar-refractivity contribution in [2.45, 2.75) is 24.8 Å². The highest BCUT2D eigenvalue weighted by molar-refractivity contribution is 6.30. The molecular weight excluding hydrogens is 467 g/mol. The van der Waals surface area contributed by atoms with Crippen molar-refractivity contribution in [2.75, 3.05) is 19.0 Å². The Balaban J connectivity index is 1.35. The summed E-state index contributed by atoms with van der Waals surface area (Å²) in [5.41, 5.74) is 1.17. The summed E-state index contributed by atoms with van der Waals surface area (Å²) in [6.07, 6.45) is -0.666. The van der Waals surface area contributed by atoms with E-state index in [9.17, 15) is 15.0 Å². The number of hydrogen-bond donors (Lipinski definition) is 3. The van der Waals surface area contributed by atoms with Crippen LogP contribution < -0.4 is 10.2 Å². The maximum atomic E-state index is 12.4. The minimum Gasteiger partial charge on any atom is -0.389 e. The molecular formula is C22H22Cl2N6O3. The van der Waals surface area contributed by atoms with Crippen LogP contribution in [0.4, 0.5) is 5.82 Å². The predicted octanol–water partition coefficient (Wildman–Crippen LogP) is 1.65. The van der Waals surface area contributed by atoms with Crippen LogP contribution in [0.1, 0.15) is 11.6 Å². The molecule has 2 aromatic heterocycles. The summed E-state index contributed by atoms with van der Waals surface area (Å²) < 4.78 is 1.78. The molecule has 1 amide bonds. The van der Waals surface area contributed by atoms with Crippen molar-refractivity contribution in [3.05, 3.63) is 46.5 Å². The van der Waals surface area contributed by atoms with Gasteiger partial charge in [-0.25, -0.2) is 4.98 Å². The lowest BCUT2D eigenvalue weighted by Crippen LogP contribution is -2.58. The van der Waals surface area contributed by atoms with Crippen LogP contribution in [0.25, 0.3) is 11.2 Å². The van der Waals surface area contributed by atoms with Crippen LogP contribution in [-0.2, 0) is 11.3 Å². The van der Waals surface area contributed by atoms with Gasteiger partial charge in [-0.3, -0.25) is 4.79 Å². The molecule has 11 heteroatoms. The molecule has 3 aliphatic carbocycles. The first kappa shape index (κ1) is 21.1. The summed E-state index contributed by atoms with van der Waals surface area (Å²) >= 11 is 12.4. The van der Waals surface area contributed by atoms with E-state index in [1.54, 1.807) is 17.9 Å². The average molecular weight is 489 g/mol. The van der Waals surface area contributed by atoms with Crippen molar-refractivity contribution in [3.63, 3.8) is 0 Å². The van der Waals surface area contributed by atoms with Crippen molar-refractivity contribution in [1.29, 1.82) is 0 Å². The Kier molecular flexibility index (Phi) is 4.49. The zero-order valence-corrected chi connectivity index (χ0v) is 19.4. The molecule has 9 nitrogen and oxygen atoms in total. The molecule has 3 fully saturated rings. The number of amides is 1.